The van der Waals surface area contributed by atoms with Gasteiger partial charge < -0.3 is 10.1 Å². The molecule has 0 aromatic carbocycles. The molecule has 2 nitrogen and oxygen atoms in total. The molecule has 10 heavy (non-hydrogen) atoms. The number of hydrogen-bond acceptors (Lipinski definition) is 2. The summed E-state index contributed by atoms with van der Waals surface area (Å²) in [4.78, 5) is 0. The Labute approximate surface area is 61.9 Å². The molecule has 2 aliphatic rings. The third-order valence-corrected chi connectivity index (χ3v) is 3.06. The van der Waals surface area contributed by atoms with Crippen molar-refractivity contribution in [1.29, 1.82) is 0 Å². The third kappa shape index (κ3) is 0.611. The summed E-state index contributed by atoms with van der Waals surface area (Å²) in [5.74, 6) is 0. The van der Waals surface area contributed by atoms with Gasteiger partial charge in [0.1, 0.15) is 0 Å². The molecule has 0 aromatic heterocycles. The zero-order chi connectivity index (χ0) is 7.24. The van der Waals surface area contributed by atoms with Gasteiger partial charge in [0.05, 0.1) is 12.2 Å². The summed E-state index contributed by atoms with van der Waals surface area (Å²) >= 11 is 0. The Morgan fingerprint density at radius 1 is 1.40 bits per heavy atom. The van der Waals surface area contributed by atoms with Crippen LogP contribution in [0, 0.1) is 5.41 Å². The molecule has 2 fully saturated rings. The minimum Gasteiger partial charge on any atom is -0.372 e. The summed E-state index contributed by atoms with van der Waals surface area (Å²) in [5.41, 5.74) is 0.615. The van der Waals surface area contributed by atoms with Gasteiger partial charge in [0.25, 0.3) is 0 Å². The van der Waals surface area contributed by atoms with Crippen LogP contribution in [0.3, 0.4) is 0 Å². The molecule has 0 aliphatic carbocycles. The van der Waals surface area contributed by atoms with Crippen molar-refractivity contribution >= 4 is 0 Å². The molecule has 2 heterocycles. The van der Waals surface area contributed by atoms with Gasteiger partial charge >= 0.3 is 0 Å². The predicted octanol–water partition coefficient (Wildman–Crippen LogP) is 0.775. The maximum atomic E-state index is 5.63. The van der Waals surface area contributed by atoms with Gasteiger partial charge in [0, 0.05) is 12.0 Å². The first-order chi connectivity index (χ1) is 4.66. The number of rotatable bonds is 0. The molecule has 0 saturated carbocycles. The minimum absolute atomic E-state index is 0.201. The lowest BCUT2D eigenvalue weighted by atomic mass is 9.70. The van der Waals surface area contributed by atoms with Crippen LogP contribution in [0.5, 0.6) is 0 Å². The topological polar surface area (TPSA) is 21.3 Å². The first-order valence-electron chi connectivity index (χ1n) is 4.01. The van der Waals surface area contributed by atoms with Crippen LogP contribution in [0.15, 0.2) is 0 Å². The molecule has 2 rings (SSSR count). The van der Waals surface area contributed by atoms with Crippen LogP contribution < -0.4 is 5.32 Å². The van der Waals surface area contributed by atoms with E-state index in [4.69, 9.17) is 4.74 Å². The Morgan fingerprint density at radius 2 is 2.20 bits per heavy atom. The van der Waals surface area contributed by atoms with Crippen molar-refractivity contribution in [2.75, 3.05) is 19.7 Å². The van der Waals surface area contributed by atoms with Crippen LogP contribution in [-0.2, 0) is 4.74 Å². The fraction of sp³-hybridized carbons (Fsp3) is 1.00. The lowest BCUT2D eigenvalue weighted by Crippen LogP contribution is -2.61. The molecule has 0 bridgehead atoms. The second-order valence-corrected chi connectivity index (χ2v) is 4.09. The van der Waals surface area contributed by atoms with Crippen LogP contribution in [0.4, 0.5) is 0 Å². The second-order valence-electron chi connectivity index (χ2n) is 4.09. The van der Waals surface area contributed by atoms with Crippen molar-refractivity contribution in [2.24, 2.45) is 5.41 Å². The molecule has 2 aliphatic heterocycles. The molecular formula is C8H15NO. The van der Waals surface area contributed by atoms with Crippen molar-refractivity contribution in [3.05, 3.63) is 0 Å². The summed E-state index contributed by atoms with van der Waals surface area (Å²) in [7, 11) is 0. The van der Waals surface area contributed by atoms with E-state index in [9.17, 15) is 0 Å². The van der Waals surface area contributed by atoms with E-state index in [1.165, 1.54) is 6.42 Å². The van der Waals surface area contributed by atoms with Crippen LogP contribution in [0.1, 0.15) is 20.3 Å². The van der Waals surface area contributed by atoms with Crippen molar-refractivity contribution in [3.63, 3.8) is 0 Å². The highest BCUT2D eigenvalue weighted by molar-refractivity contribution is 5.06. The van der Waals surface area contributed by atoms with E-state index in [0.29, 0.717) is 5.41 Å². The summed E-state index contributed by atoms with van der Waals surface area (Å²) in [5, 5.41) is 3.35. The second kappa shape index (κ2) is 1.74. The van der Waals surface area contributed by atoms with Crippen molar-refractivity contribution in [2.45, 2.75) is 25.9 Å². The smallest absolute Gasteiger partial charge is 0.0891 e. The van der Waals surface area contributed by atoms with E-state index in [1.807, 2.05) is 0 Å². The lowest BCUT2D eigenvalue weighted by molar-refractivity contribution is -0.240. The molecular weight excluding hydrogens is 126 g/mol. The monoisotopic (exact) mass is 141 g/mol. The fourth-order valence-electron chi connectivity index (χ4n) is 1.93. The molecule has 2 saturated heterocycles. The van der Waals surface area contributed by atoms with Gasteiger partial charge in [-0.25, -0.2) is 0 Å². The van der Waals surface area contributed by atoms with E-state index in [2.05, 4.69) is 19.2 Å². The van der Waals surface area contributed by atoms with Gasteiger partial charge in [0.15, 0.2) is 0 Å². The van der Waals surface area contributed by atoms with E-state index < -0.39 is 0 Å². The molecule has 0 amide bonds. The van der Waals surface area contributed by atoms with Crippen LogP contribution in [0.25, 0.3) is 0 Å². The first-order valence-corrected chi connectivity index (χ1v) is 4.01. The SMILES string of the molecule is CC1(C)COC12CCNC2. The zero-order valence-electron chi connectivity index (χ0n) is 6.74. The van der Waals surface area contributed by atoms with Gasteiger partial charge in [0.2, 0.25) is 0 Å². The molecule has 1 atom stereocenters. The molecule has 2 heteroatoms. The van der Waals surface area contributed by atoms with E-state index >= 15 is 0 Å². The maximum absolute atomic E-state index is 5.63. The van der Waals surface area contributed by atoms with Crippen LogP contribution in [0.2, 0.25) is 0 Å². The Hall–Kier alpha value is -0.0800. The molecule has 0 radical (unpaired) electrons. The molecule has 58 valence electrons. The minimum atomic E-state index is 0.201. The largest absolute Gasteiger partial charge is 0.372 e. The van der Waals surface area contributed by atoms with Gasteiger partial charge in [-0.1, -0.05) is 13.8 Å². The normalized spacial score (nSPS) is 43.8. The van der Waals surface area contributed by atoms with Crippen LogP contribution in [-0.4, -0.2) is 25.3 Å². The Morgan fingerprint density at radius 3 is 2.40 bits per heavy atom. The zero-order valence-corrected chi connectivity index (χ0v) is 6.74. The fourth-order valence-corrected chi connectivity index (χ4v) is 1.93. The van der Waals surface area contributed by atoms with Gasteiger partial charge in [-0.3, -0.25) is 0 Å². The van der Waals surface area contributed by atoms with E-state index in [0.717, 1.165) is 19.7 Å². The summed E-state index contributed by atoms with van der Waals surface area (Å²) in [6, 6.07) is 0. The first kappa shape index (κ1) is 6.62. The van der Waals surface area contributed by atoms with E-state index in [-0.39, 0.29) is 5.60 Å². The summed E-state index contributed by atoms with van der Waals surface area (Å²) in [6.07, 6.45) is 1.19. The van der Waals surface area contributed by atoms with E-state index in [1.54, 1.807) is 0 Å². The number of ether oxygens (including phenoxy) is 1. The van der Waals surface area contributed by atoms with Gasteiger partial charge in [-0.05, 0) is 13.0 Å². The summed E-state index contributed by atoms with van der Waals surface area (Å²) in [6.45, 7) is 7.71. The Balaban J connectivity index is 2.15. The maximum Gasteiger partial charge on any atom is 0.0891 e. The molecule has 1 N–H and O–H groups in total. The standard InChI is InChI=1S/C8H15NO/c1-7(2)6-10-8(7)3-4-9-5-8/h9H,3-6H2,1-2H3. The molecule has 1 unspecified atom stereocenters. The quantitative estimate of drug-likeness (QED) is 0.538. The van der Waals surface area contributed by atoms with Gasteiger partial charge in [-0.2, -0.15) is 0 Å². The number of hydrogen-bond donors (Lipinski definition) is 1. The average molecular weight is 141 g/mol. The predicted molar refractivity (Wildman–Crippen MR) is 40.0 cm³/mol. The van der Waals surface area contributed by atoms with Gasteiger partial charge in [-0.15, -0.1) is 0 Å². The highest BCUT2D eigenvalue weighted by Crippen LogP contribution is 2.47. The van der Waals surface area contributed by atoms with Crippen molar-refractivity contribution < 1.29 is 4.74 Å². The Kier molecular flexibility index (Phi) is 1.15. The molecule has 1 spiro atoms. The summed E-state index contributed by atoms with van der Waals surface area (Å²) < 4.78 is 5.63. The molecule has 0 aromatic rings. The van der Waals surface area contributed by atoms with Crippen molar-refractivity contribution in [1.82, 2.24) is 5.32 Å². The van der Waals surface area contributed by atoms with Crippen molar-refractivity contribution in [3.8, 4) is 0 Å². The lowest BCUT2D eigenvalue weighted by Gasteiger charge is -2.53. The Bertz CT molecular complexity index is 147. The third-order valence-electron chi connectivity index (χ3n) is 3.06. The number of nitrogens with one attached hydrogen (secondary N) is 1. The average Bonchev–Trinajstić information content (AvgIpc) is 2.34. The highest BCUT2D eigenvalue weighted by Gasteiger charge is 2.55. The van der Waals surface area contributed by atoms with Crippen LogP contribution >= 0.6 is 0 Å². The highest BCUT2D eigenvalue weighted by atomic mass is 16.5.